The molecule has 0 aliphatic heterocycles. The van der Waals surface area contributed by atoms with Gasteiger partial charge in [-0.1, -0.05) is 29.8 Å². The molecule has 5 nitrogen and oxygen atoms in total. The Bertz CT molecular complexity index is 557. The van der Waals surface area contributed by atoms with Crippen LogP contribution in [-0.4, -0.2) is 22.4 Å². The molecule has 0 aliphatic rings. The zero-order valence-corrected chi connectivity index (χ0v) is 11.2. The van der Waals surface area contributed by atoms with Crippen LogP contribution in [0.5, 0.6) is 0 Å². The second-order valence-corrected chi connectivity index (χ2v) is 4.34. The maximum atomic E-state index is 11.7. The number of amides is 1. The van der Waals surface area contributed by atoms with Crippen LogP contribution >= 0.6 is 23.2 Å². The predicted molar refractivity (Wildman–Crippen MR) is 75.6 cm³/mol. The number of nitrogens with one attached hydrogen (secondary N) is 2. The minimum Gasteiger partial charge on any atom is -0.376 e. The van der Waals surface area contributed by atoms with Gasteiger partial charge >= 0.3 is 0 Å². The minimum absolute atomic E-state index is 0.0150. The number of benzene rings is 1. The molecule has 0 spiro atoms. The van der Waals surface area contributed by atoms with E-state index in [1.165, 1.54) is 6.07 Å². The molecule has 98 valence electrons. The van der Waals surface area contributed by atoms with Gasteiger partial charge in [0.05, 0.1) is 6.54 Å². The molecular weight excluding hydrogens is 287 g/mol. The summed E-state index contributed by atoms with van der Waals surface area (Å²) in [6, 6.07) is 10.8. The van der Waals surface area contributed by atoms with Crippen molar-refractivity contribution in [3.63, 3.8) is 0 Å². The number of carbonyl (C=O) groups excluding carboxylic acids is 1. The number of hydrogen-bond donors (Lipinski definition) is 2. The fraction of sp³-hybridized carbons (Fsp3) is 0.0833. The molecule has 1 amide bonds. The van der Waals surface area contributed by atoms with Gasteiger partial charge in [0, 0.05) is 11.8 Å². The van der Waals surface area contributed by atoms with E-state index in [0.29, 0.717) is 0 Å². The monoisotopic (exact) mass is 296 g/mol. The van der Waals surface area contributed by atoms with Gasteiger partial charge in [-0.25, -0.2) is 9.97 Å². The van der Waals surface area contributed by atoms with Crippen LogP contribution in [-0.2, 0) is 4.79 Å². The molecule has 2 aromatic rings. The summed E-state index contributed by atoms with van der Waals surface area (Å²) in [6.07, 6.45) is 0. The molecule has 1 heterocycles. The van der Waals surface area contributed by atoms with Gasteiger partial charge in [0.25, 0.3) is 0 Å². The predicted octanol–water partition coefficient (Wildman–Crippen LogP) is 2.83. The largest absolute Gasteiger partial charge is 0.376 e. The molecule has 0 radical (unpaired) electrons. The number of anilines is 2. The molecule has 0 atom stereocenters. The van der Waals surface area contributed by atoms with Crippen molar-refractivity contribution in [2.24, 2.45) is 0 Å². The lowest BCUT2D eigenvalue weighted by Crippen LogP contribution is -2.22. The molecule has 0 aliphatic carbocycles. The molecule has 19 heavy (non-hydrogen) atoms. The van der Waals surface area contributed by atoms with Crippen LogP contribution in [0.2, 0.25) is 10.4 Å². The lowest BCUT2D eigenvalue weighted by Gasteiger charge is -2.07. The van der Waals surface area contributed by atoms with E-state index in [2.05, 4.69) is 20.6 Å². The highest BCUT2D eigenvalue weighted by atomic mass is 35.5. The van der Waals surface area contributed by atoms with Crippen LogP contribution in [0.15, 0.2) is 36.4 Å². The molecule has 7 heteroatoms. The van der Waals surface area contributed by atoms with Gasteiger partial charge in [-0.05, 0) is 23.7 Å². The smallest absolute Gasteiger partial charge is 0.244 e. The fourth-order valence-electron chi connectivity index (χ4n) is 1.38. The van der Waals surface area contributed by atoms with Crippen molar-refractivity contribution in [3.8, 4) is 0 Å². The van der Waals surface area contributed by atoms with Crippen molar-refractivity contribution in [2.75, 3.05) is 17.2 Å². The standard InChI is InChI=1S/C12H10Cl2N4O/c13-9-6-10(18-12(14)16-9)17-11(19)7-15-8-4-2-1-3-5-8/h1-6,15H,7H2,(H,16,17,18,19). The van der Waals surface area contributed by atoms with Crippen molar-refractivity contribution in [2.45, 2.75) is 0 Å². The Hall–Kier alpha value is -1.85. The number of carbonyl (C=O) groups is 1. The molecule has 0 unspecified atom stereocenters. The summed E-state index contributed by atoms with van der Waals surface area (Å²) in [5.74, 6) is 0.0135. The van der Waals surface area contributed by atoms with E-state index >= 15 is 0 Å². The van der Waals surface area contributed by atoms with Gasteiger partial charge in [-0.3, -0.25) is 4.79 Å². The van der Waals surface area contributed by atoms with E-state index in [1.807, 2.05) is 30.3 Å². The van der Waals surface area contributed by atoms with Crippen LogP contribution in [0.4, 0.5) is 11.5 Å². The molecule has 2 rings (SSSR count). The van der Waals surface area contributed by atoms with Gasteiger partial charge in [0.2, 0.25) is 11.2 Å². The highest BCUT2D eigenvalue weighted by Crippen LogP contribution is 2.14. The molecule has 0 bridgehead atoms. The van der Waals surface area contributed by atoms with Crippen molar-refractivity contribution < 1.29 is 4.79 Å². The Balaban J connectivity index is 1.91. The number of hydrogen-bond acceptors (Lipinski definition) is 4. The second-order valence-electron chi connectivity index (χ2n) is 3.61. The average Bonchev–Trinajstić information content (AvgIpc) is 2.36. The van der Waals surface area contributed by atoms with Crippen molar-refractivity contribution >= 4 is 40.6 Å². The van der Waals surface area contributed by atoms with Crippen molar-refractivity contribution in [1.82, 2.24) is 9.97 Å². The van der Waals surface area contributed by atoms with Crippen LogP contribution in [0.3, 0.4) is 0 Å². The maximum Gasteiger partial charge on any atom is 0.244 e. The summed E-state index contributed by atoms with van der Waals surface area (Å²) in [6.45, 7) is 0.114. The van der Waals surface area contributed by atoms with Crippen LogP contribution in [0.25, 0.3) is 0 Å². The summed E-state index contributed by atoms with van der Waals surface area (Å²) in [5, 5.41) is 5.70. The molecular formula is C12H10Cl2N4O. The van der Waals surface area contributed by atoms with Gasteiger partial charge in [-0.2, -0.15) is 0 Å². The quantitative estimate of drug-likeness (QED) is 0.672. The highest BCUT2D eigenvalue weighted by molar-refractivity contribution is 6.32. The topological polar surface area (TPSA) is 66.9 Å². The lowest BCUT2D eigenvalue weighted by atomic mass is 10.3. The minimum atomic E-state index is -0.255. The normalized spacial score (nSPS) is 10.0. The number of halogens is 2. The Labute approximate surface area is 120 Å². The third-order valence-electron chi connectivity index (χ3n) is 2.16. The van der Waals surface area contributed by atoms with Crippen molar-refractivity contribution in [3.05, 3.63) is 46.8 Å². The van der Waals surface area contributed by atoms with E-state index in [4.69, 9.17) is 23.2 Å². The Morgan fingerprint density at radius 1 is 1.16 bits per heavy atom. The van der Waals surface area contributed by atoms with Crippen LogP contribution < -0.4 is 10.6 Å². The van der Waals surface area contributed by atoms with Crippen LogP contribution in [0.1, 0.15) is 0 Å². The third-order valence-corrected chi connectivity index (χ3v) is 2.52. The number of rotatable bonds is 4. The van der Waals surface area contributed by atoms with Crippen molar-refractivity contribution in [1.29, 1.82) is 0 Å². The average molecular weight is 297 g/mol. The zero-order valence-electron chi connectivity index (χ0n) is 9.73. The third kappa shape index (κ3) is 4.39. The summed E-state index contributed by atoms with van der Waals surface area (Å²) >= 11 is 11.3. The van der Waals surface area contributed by atoms with Gasteiger partial charge in [0.1, 0.15) is 11.0 Å². The van der Waals surface area contributed by atoms with Crippen LogP contribution in [0, 0.1) is 0 Å². The van der Waals surface area contributed by atoms with Gasteiger partial charge < -0.3 is 10.6 Å². The van der Waals surface area contributed by atoms with E-state index in [1.54, 1.807) is 0 Å². The first-order chi connectivity index (χ1) is 9.13. The van der Waals surface area contributed by atoms with Gasteiger partial charge in [0.15, 0.2) is 0 Å². The molecule has 0 saturated carbocycles. The second kappa shape index (κ2) is 6.36. The highest BCUT2D eigenvalue weighted by Gasteiger charge is 2.06. The van der Waals surface area contributed by atoms with E-state index in [0.717, 1.165) is 5.69 Å². The Morgan fingerprint density at radius 2 is 1.89 bits per heavy atom. The van der Waals surface area contributed by atoms with Gasteiger partial charge in [-0.15, -0.1) is 0 Å². The zero-order chi connectivity index (χ0) is 13.7. The Kier molecular flexibility index (Phi) is 4.54. The summed E-state index contributed by atoms with van der Waals surface area (Å²) in [5.41, 5.74) is 0.858. The number of para-hydroxylation sites is 1. The fourth-order valence-corrected chi connectivity index (χ4v) is 1.79. The number of nitrogens with zero attached hydrogens (tertiary/aromatic N) is 2. The van der Waals surface area contributed by atoms with E-state index in [-0.39, 0.29) is 28.7 Å². The first kappa shape index (κ1) is 13.6. The lowest BCUT2D eigenvalue weighted by molar-refractivity contribution is -0.114. The SMILES string of the molecule is O=C(CNc1ccccc1)Nc1cc(Cl)nc(Cl)n1. The molecule has 1 aromatic heterocycles. The summed E-state index contributed by atoms with van der Waals surface area (Å²) in [7, 11) is 0. The first-order valence-corrected chi connectivity index (χ1v) is 6.18. The van der Waals surface area contributed by atoms with E-state index in [9.17, 15) is 4.79 Å². The van der Waals surface area contributed by atoms with E-state index < -0.39 is 0 Å². The molecule has 0 saturated heterocycles. The summed E-state index contributed by atoms with van der Waals surface area (Å²) < 4.78 is 0. The molecule has 0 fully saturated rings. The molecule has 1 aromatic carbocycles. The number of aromatic nitrogens is 2. The Morgan fingerprint density at radius 3 is 2.58 bits per heavy atom. The maximum absolute atomic E-state index is 11.7. The molecule has 2 N–H and O–H groups in total. The summed E-state index contributed by atoms with van der Waals surface area (Å²) in [4.78, 5) is 19.2. The first-order valence-electron chi connectivity index (χ1n) is 5.42.